The molecule has 1 aromatic rings. The first kappa shape index (κ1) is 15.5. The smallest absolute Gasteiger partial charge is 0.293 e. The van der Waals surface area contributed by atoms with Gasteiger partial charge in [0.15, 0.2) is 5.82 Å². The van der Waals surface area contributed by atoms with Gasteiger partial charge in [0.2, 0.25) is 5.91 Å². The zero-order valence-electron chi connectivity index (χ0n) is 12.7. The number of rotatable bonds is 4. The molecular weight excluding hydrogens is 272 g/mol. The minimum Gasteiger partial charge on any atom is -0.378 e. The highest BCUT2D eigenvalue weighted by Crippen LogP contribution is 2.06. The maximum Gasteiger partial charge on any atom is 0.293 e. The Morgan fingerprint density at radius 1 is 1.33 bits per heavy atom. The van der Waals surface area contributed by atoms with E-state index < -0.39 is 6.04 Å². The van der Waals surface area contributed by atoms with Gasteiger partial charge in [-0.15, -0.1) is 0 Å². The average Bonchev–Trinajstić information content (AvgIpc) is 2.49. The van der Waals surface area contributed by atoms with E-state index in [1.807, 2.05) is 13.8 Å². The van der Waals surface area contributed by atoms with E-state index in [1.54, 1.807) is 28.8 Å². The third-order valence-electron chi connectivity index (χ3n) is 3.47. The lowest BCUT2D eigenvalue weighted by Gasteiger charge is -2.29. The number of hydrogen-bond acceptors (Lipinski definition) is 5. The van der Waals surface area contributed by atoms with Gasteiger partial charge in [0.1, 0.15) is 6.04 Å². The lowest BCUT2D eigenvalue weighted by Crippen LogP contribution is -2.47. The van der Waals surface area contributed by atoms with Crippen LogP contribution < -0.4 is 10.9 Å². The van der Waals surface area contributed by atoms with E-state index in [-0.39, 0.29) is 23.3 Å². The van der Waals surface area contributed by atoms with Crippen LogP contribution in [0.1, 0.15) is 26.8 Å². The van der Waals surface area contributed by atoms with Crippen LogP contribution in [-0.2, 0) is 9.53 Å². The van der Waals surface area contributed by atoms with Crippen molar-refractivity contribution in [3.63, 3.8) is 0 Å². The van der Waals surface area contributed by atoms with Crippen molar-refractivity contribution in [2.75, 3.05) is 31.6 Å². The molecule has 116 valence electrons. The molecule has 0 spiro atoms. The fraction of sp³-hybridized carbons (Fsp3) is 0.643. The van der Waals surface area contributed by atoms with E-state index in [4.69, 9.17) is 4.74 Å². The Bertz CT molecular complexity index is 549. The van der Waals surface area contributed by atoms with Gasteiger partial charge >= 0.3 is 0 Å². The molecule has 1 aliphatic rings. The number of nitrogens with one attached hydrogen (secondary N) is 1. The molecular formula is C14H22N4O3. The summed E-state index contributed by atoms with van der Waals surface area (Å²) in [6.07, 6.45) is 3.21. The highest BCUT2D eigenvalue weighted by atomic mass is 16.5. The van der Waals surface area contributed by atoms with Gasteiger partial charge in [-0.05, 0) is 20.8 Å². The molecule has 2 heterocycles. The Morgan fingerprint density at radius 3 is 2.62 bits per heavy atom. The molecule has 0 aliphatic carbocycles. The molecule has 2 rings (SSSR count). The minimum atomic E-state index is -0.494. The van der Waals surface area contributed by atoms with Crippen molar-refractivity contribution in [1.29, 1.82) is 0 Å². The van der Waals surface area contributed by atoms with Crippen molar-refractivity contribution in [1.82, 2.24) is 14.5 Å². The molecule has 0 aromatic carbocycles. The lowest BCUT2D eigenvalue weighted by molar-refractivity contribution is -0.135. The predicted molar refractivity (Wildman–Crippen MR) is 79.4 cm³/mol. The molecule has 1 aliphatic heterocycles. The Balaban J connectivity index is 2.08. The van der Waals surface area contributed by atoms with Crippen molar-refractivity contribution in [3.8, 4) is 0 Å². The van der Waals surface area contributed by atoms with Gasteiger partial charge in [-0.2, -0.15) is 0 Å². The van der Waals surface area contributed by atoms with Gasteiger partial charge < -0.3 is 19.5 Å². The minimum absolute atomic E-state index is 0.0422. The summed E-state index contributed by atoms with van der Waals surface area (Å²) < 4.78 is 6.81. The number of aromatic nitrogens is 2. The fourth-order valence-corrected chi connectivity index (χ4v) is 2.25. The first-order valence-corrected chi connectivity index (χ1v) is 7.21. The van der Waals surface area contributed by atoms with Crippen LogP contribution in [0.5, 0.6) is 0 Å². The van der Waals surface area contributed by atoms with Crippen LogP contribution in [-0.4, -0.2) is 52.7 Å². The first-order valence-electron chi connectivity index (χ1n) is 7.21. The van der Waals surface area contributed by atoms with E-state index in [2.05, 4.69) is 10.3 Å². The summed E-state index contributed by atoms with van der Waals surface area (Å²) in [7, 11) is 0. The quantitative estimate of drug-likeness (QED) is 0.874. The summed E-state index contributed by atoms with van der Waals surface area (Å²) in [5.74, 6) is 0.166. The Labute approximate surface area is 123 Å². The highest BCUT2D eigenvalue weighted by molar-refractivity contribution is 5.84. The van der Waals surface area contributed by atoms with Crippen molar-refractivity contribution in [3.05, 3.63) is 22.7 Å². The Morgan fingerprint density at radius 2 is 2.00 bits per heavy atom. The molecule has 0 radical (unpaired) electrons. The summed E-state index contributed by atoms with van der Waals surface area (Å²) in [6.45, 7) is 7.88. The van der Waals surface area contributed by atoms with E-state index in [9.17, 15) is 9.59 Å². The third kappa shape index (κ3) is 3.60. The number of morpholine rings is 1. The molecule has 0 saturated carbocycles. The van der Waals surface area contributed by atoms with Crippen molar-refractivity contribution in [2.24, 2.45) is 0 Å². The summed E-state index contributed by atoms with van der Waals surface area (Å²) in [5, 5.41) is 2.93. The number of anilines is 1. The molecule has 1 unspecified atom stereocenters. The van der Waals surface area contributed by atoms with E-state index in [1.165, 1.54) is 0 Å². The third-order valence-corrected chi connectivity index (χ3v) is 3.47. The number of amides is 1. The number of ether oxygens (including phenoxy) is 1. The van der Waals surface area contributed by atoms with E-state index in [0.717, 1.165) is 0 Å². The van der Waals surface area contributed by atoms with Crippen molar-refractivity contribution < 1.29 is 9.53 Å². The summed E-state index contributed by atoms with van der Waals surface area (Å²) in [4.78, 5) is 30.3. The van der Waals surface area contributed by atoms with Crippen LogP contribution in [0.3, 0.4) is 0 Å². The van der Waals surface area contributed by atoms with Crippen LogP contribution in [0.15, 0.2) is 17.2 Å². The van der Waals surface area contributed by atoms with Gasteiger partial charge in [0.05, 0.1) is 13.2 Å². The maximum atomic E-state index is 12.3. The number of carbonyl (C=O) groups is 1. The largest absolute Gasteiger partial charge is 0.378 e. The number of hydrogen-bond donors (Lipinski definition) is 1. The fourth-order valence-electron chi connectivity index (χ4n) is 2.25. The maximum absolute atomic E-state index is 12.3. The van der Waals surface area contributed by atoms with Crippen molar-refractivity contribution in [2.45, 2.75) is 32.9 Å². The summed E-state index contributed by atoms with van der Waals surface area (Å²) in [6, 6.07) is -0.447. The molecule has 7 nitrogen and oxygen atoms in total. The second-order valence-corrected chi connectivity index (χ2v) is 5.39. The first-order chi connectivity index (χ1) is 10.0. The molecule has 21 heavy (non-hydrogen) atoms. The molecule has 0 bridgehead atoms. The summed E-state index contributed by atoms with van der Waals surface area (Å²) in [5.41, 5.74) is -0.214. The standard InChI is InChI=1S/C14H22N4O3/c1-10(2)18-5-4-15-12(14(18)20)16-11(3)13(19)17-6-8-21-9-7-17/h4-5,10-11H,6-9H2,1-3H3,(H,15,16). The molecule has 1 fully saturated rings. The van der Waals surface area contributed by atoms with E-state index >= 15 is 0 Å². The monoisotopic (exact) mass is 294 g/mol. The Kier molecular flexibility index (Phi) is 4.95. The lowest BCUT2D eigenvalue weighted by atomic mass is 10.2. The zero-order valence-corrected chi connectivity index (χ0v) is 12.7. The summed E-state index contributed by atoms with van der Waals surface area (Å²) >= 11 is 0. The van der Waals surface area contributed by atoms with Gasteiger partial charge in [-0.25, -0.2) is 4.98 Å². The average molecular weight is 294 g/mol. The van der Waals surface area contributed by atoms with Crippen molar-refractivity contribution >= 4 is 11.7 Å². The number of carbonyl (C=O) groups excluding carboxylic acids is 1. The van der Waals surface area contributed by atoms with Crippen LogP contribution in [0, 0.1) is 0 Å². The normalized spacial score (nSPS) is 16.9. The number of nitrogens with zero attached hydrogens (tertiary/aromatic N) is 3. The molecule has 1 amide bonds. The zero-order chi connectivity index (χ0) is 15.4. The topological polar surface area (TPSA) is 76.5 Å². The highest BCUT2D eigenvalue weighted by Gasteiger charge is 2.23. The second-order valence-electron chi connectivity index (χ2n) is 5.39. The van der Waals surface area contributed by atoms with Gasteiger partial charge in [-0.3, -0.25) is 9.59 Å². The SMILES string of the molecule is CC(Nc1nccn(C(C)C)c1=O)C(=O)N1CCOCC1. The predicted octanol–water partition coefficient (Wildman–Crippen LogP) is 0.483. The van der Waals surface area contributed by atoms with Gasteiger partial charge in [-0.1, -0.05) is 0 Å². The van der Waals surface area contributed by atoms with Crippen LogP contribution in [0.2, 0.25) is 0 Å². The van der Waals surface area contributed by atoms with Crippen LogP contribution >= 0.6 is 0 Å². The van der Waals surface area contributed by atoms with E-state index in [0.29, 0.717) is 26.3 Å². The van der Waals surface area contributed by atoms with Gasteiger partial charge in [0.25, 0.3) is 5.56 Å². The molecule has 1 aromatic heterocycles. The second kappa shape index (κ2) is 6.71. The molecule has 1 N–H and O–H groups in total. The molecule has 1 saturated heterocycles. The molecule has 7 heteroatoms. The Hall–Kier alpha value is -1.89. The molecule has 1 atom stereocenters. The van der Waals surface area contributed by atoms with Crippen LogP contribution in [0.25, 0.3) is 0 Å². The van der Waals surface area contributed by atoms with Gasteiger partial charge in [0, 0.05) is 31.5 Å². The van der Waals surface area contributed by atoms with Crippen LogP contribution in [0.4, 0.5) is 5.82 Å².